The Morgan fingerprint density at radius 1 is 1.44 bits per heavy atom. The van der Waals surface area contributed by atoms with Gasteiger partial charge in [-0.05, 0) is 43.9 Å². The Bertz CT molecular complexity index is 486. The van der Waals surface area contributed by atoms with Crippen molar-refractivity contribution in [2.24, 2.45) is 5.41 Å². The van der Waals surface area contributed by atoms with Crippen LogP contribution in [-0.2, 0) is 4.79 Å². The van der Waals surface area contributed by atoms with Gasteiger partial charge in [0.25, 0.3) is 0 Å². The average molecular weight is 307 g/mol. The van der Waals surface area contributed by atoms with Gasteiger partial charge in [-0.2, -0.15) is 5.26 Å². The molecule has 1 N–H and O–H groups in total. The van der Waals surface area contributed by atoms with Crippen molar-refractivity contribution >= 4 is 21.8 Å². The largest absolute Gasteiger partial charge is 0.348 e. The molecule has 0 radical (unpaired) electrons. The van der Waals surface area contributed by atoms with Crippen LogP contribution in [0.25, 0.3) is 0 Å². The average Bonchev–Trinajstić information content (AvgIpc) is 2.29. The first-order valence-electron chi connectivity index (χ1n) is 6.05. The van der Waals surface area contributed by atoms with Crippen LogP contribution in [0.5, 0.6) is 0 Å². The van der Waals surface area contributed by atoms with Gasteiger partial charge in [0.1, 0.15) is 5.41 Å². The van der Waals surface area contributed by atoms with Crippen LogP contribution in [0, 0.1) is 16.7 Å². The summed E-state index contributed by atoms with van der Waals surface area (Å²) in [4.78, 5) is 12.1. The summed E-state index contributed by atoms with van der Waals surface area (Å²) in [5.41, 5.74) is 0.267. The second-order valence-corrected chi connectivity index (χ2v) is 5.71. The Kier molecular flexibility index (Phi) is 3.72. The smallest absolute Gasteiger partial charge is 0.240 e. The molecule has 1 fully saturated rings. The van der Waals surface area contributed by atoms with Crippen LogP contribution >= 0.6 is 15.9 Å². The number of carbonyl (C=O) groups is 1. The number of halogens is 1. The van der Waals surface area contributed by atoms with Gasteiger partial charge < -0.3 is 5.32 Å². The lowest BCUT2D eigenvalue weighted by Crippen LogP contribution is -2.45. The zero-order valence-electron chi connectivity index (χ0n) is 10.2. The molecule has 0 heterocycles. The second kappa shape index (κ2) is 5.11. The molecular formula is C14H15BrN2O. The summed E-state index contributed by atoms with van der Waals surface area (Å²) in [6.07, 6.45) is 2.33. The second-order valence-electron chi connectivity index (χ2n) is 4.79. The molecule has 0 aromatic heterocycles. The highest BCUT2D eigenvalue weighted by Crippen LogP contribution is 2.40. The van der Waals surface area contributed by atoms with Crippen LogP contribution in [0.4, 0.5) is 0 Å². The number of hydrogen-bond acceptors (Lipinski definition) is 2. The Morgan fingerprint density at radius 3 is 2.50 bits per heavy atom. The first-order valence-corrected chi connectivity index (χ1v) is 6.84. The fraction of sp³-hybridized carbons (Fsp3) is 0.429. The zero-order valence-corrected chi connectivity index (χ0v) is 11.8. The van der Waals surface area contributed by atoms with Crippen molar-refractivity contribution in [3.05, 3.63) is 34.3 Å². The minimum Gasteiger partial charge on any atom is -0.348 e. The third-order valence-electron chi connectivity index (χ3n) is 3.57. The minimum atomic E-state index is -0.774. The van der Waals surface area contributed by atoms with Crippen LogP contribution in [0.1, 0.15) is 37.8 Å². The summed E-state index contributed by atoms with van der Waals surface area (Å²) in [7, 11) is 0. The van der Waals surface area contributed by atoms with E-state index in [9.17, 15) is 4.79 Å². The SMILES string of the molecule is CC(NC(=O)C1(C#N)CCC1)c1ccc(Br)cc1. The summed E-state index contributed by atoms with van der Waals surface area (Å²) < 4.78 is 1.01. The minimum absolute atomic E-state index is 0.0728. The van der Waals surface area contributed by atoms with E-state index in [0.717, 1.165) is 16.5 Å². The first-order chi connectivity index (χ1) is 8.57. The van der Waals surface area contributed by atoms with Gasteiger partial charge in [0.05, 0.1) is 12.1 Å². The van der Waals surface area contributed by atoms with Gasteiger partial charge >= 0.3 is 0 Å². The van der Waals surface area contributed by atoms with Gasteiger partial charge in [0.15, 0.2) is 0 Å². The van der Waals surface area contributed by atoms with E-state index in [0.29, 0.717) is 12.8 Å². The molecule has 0 saturated heterocycles. The Morgan fingerprint density at radius 2 is 2.06 bits per heavy atom. The molecule has 4 heteroatoms. The summed E-state index contributed by atoms with van der Waals surface area (Å²) in [5, 5.41) is 12.0. The quantitative estimate of drug-likeness (QED) is 0.931. The molecule has 1 aliphatic carbocycles. The number of nitriles is 1. The van der Waals surface area contributed by atoms with Crippen molar-refractivity contribution in [1.29, 1.82) is 5.26 Å². The first kappa shape index (κ1) is 13.1. The van der Waals surface area contributed by atoms with Gasteiger partial charge in [-0.1, -0.05) is 28.1 Å². The lowest BCUT2D eigenvalue weighted by atomic mass is 9.69. The summed E-state index contributed by atoms with van der Waals surface area (Å²) >= 11 is 3.38. The van der Waals surface area contributed by atoms with E-state index in [1.54, 1.807) is 0 Å². The van der Waals surface area contributed by atoms with Crippen molar-refractivity contribution in [1.82, 2.24) is 5.32 Å². The standard InChI is InChI=1S/C14H15BrN2O/c1-10(11-3-5-12(15)6-4-11)17-13(18)14(9-16)7-2-8-14/h3-6,10H,2,7-8H2,1H3,(H,17,18). The van der Waals surface area contributed by atoms with Gasteiger partial charge in [-0.25, -0.2) is 0 Å². The maximum Gasteiger partial charge on any atom is 0.240 e. The van der Waals surface area contributed by atoms with Gasteiger partial charge in [0, 0.05) is 4.47 Å². The van der Waals surface area contributed by atoms with Crippen molar-refractivity contribution in [3.8, 4) is 6.07 Å². The van der Waals surface area contributed by atoms with E-state index in [1.807, 2.05) is 31.2 Å². The topological polar surface area (TPSA) is 52.9 Å². The van der Waals surface area contributed by atoms with Crippen LogP contribution in [0.2, 0.25) is 0 Å². The van der Waals surface area contributed by atoms with Gasteiger partial charge in [0.2, 0.25) is 5.91 Å². The maximum absolute atomic E-state index is 12.1. The fourth-order valence-corrected chi connectivity index (χ4v) is 2.35. The molecule has 3 nitrogen and oxygen atoms in total. The Hall–Kier alpha value is -1.34. The van der Waals surface area contributed by atoms with Crippen molar-refractivity contribution in [2.75, 3.05) is 0 Å². The number of carbonyl (C=O) groups excluding carboxylic acids is 1. The molecule has 1 aromatic rings. The third kappa shape index (κ3) is 2.41. The molecule has 0 bridgehead atoms. The molecule has 0 spiro atoms. The molecule has 1 aromatic carbocycles. The van der Waals surface area contributed by atoms with E-state index in [4.69, 9.17) is 5.26 Å². The number of nitrogens with zero attached hydrogens (tertiary/aromatic N) is 1. The van der Waals surface area contributed by atoms with E-state index in [1.165, 1.54) is 0 Å². The molecule has 1 amide bonds. The third-order valence-corrected chi connectivity index (χ3v) is 4.10. The number of nitrogens with one attached hydrogen (secondary N) is 1. The summed E-state index contributed by atoms with van der Waals surface area (Å²) in [6.45, 7) is 1.94. The monoisotopic (exact) mass is 306 g/mol. The number of hydrogen-bond donors (Lipinski definition) is 1. The van der Waals surface area contributed by atoms with Gasteiger partial charge in [-0.3, -0.25) is 4.79 Å². The highest BCUT2D eigenvalue weighted by atomic mass is 79.9. The van der Waals surface area contributed by atoms with Crippen LogP contribution in [0.15, 0.2) is 28.7 Å². The number of rotatable bonds is 3. The molecular weight excluding hydrogens is 292 g/mol. The summed E-state index contributed by atoms with van der Waals surface area (Å²) in [6, 6.07) is 9.91. The van der Waals surface area contributed by atoms with Crippen molar-refractivity contribution in [2.45, 2.75) is 32.2 Å². The molecule has 0 aliphatic heterocycles. The predicted molar refractivity (Wildman–Crippen MR) is 72.6 cm³/mol. The molecule has 1 aliphatic rings. The summed E-state index contributed by atoms with van der Waals surface area (Å²) in [5.74, 6) is -0.133. The van der Waals surface area contributed by atoms with E-state index < -0.39 is 5.41 Å². The lowest BCUT2D eigenvalue weighted by molar-refractivity contribution is -0.132. The molecule has 2 rings (SSSR count). The van der Waals surface area contributed by atoms with Crippen LogP contribution in [0.3, 0.4) is 0 Å². The molecule has 1 atom stereocenters. The predicted octanol–water partition coefficient (Wildman–Crippen LogP) is 3.32. The molecule has 1 saturated carbocycles. The normalized spacial score (nSPS) is 18.3. The molecule has 1 unspecified atom stereocenters. The molecule has 94 valence electrons. The Balaban J connectivity index is 2.03. The van der Waals surface area contributed by atoms with Crippen LogP contribution < -0.4 is 5.32 Å². The van der Waals surface area contributed by atoms with Crippen LogP contribution in [-0.4, -0.2) is 5.91 Å². The highest BCUT2D eigenvalue weighted by molar-refractivity contribution is 9.10. The number of benzene rings is 1. The van der Waals surface area contributed by atoms with E-state index in [2.05, 4.69) is 27.3 Å². The van der Waals surface area contributed by atoms with Crippen molar-refractivity contribution < 1.29 is 4.79 Å². The van der Waals surface area contributed by atoms with Crippen molar-refractivity contribution in [3.63, 3.8) is 0 Å². The lowest BCUT2D eigenvalue weighted by Gasteiger charge is -2.34. The maximum atomic E-state index is 12.1. The zero-order chi connectivity index (χ0) is 13.2. The Labute approximate surface area is 115 Å². The number of amides is 1. The van der Waals surface area contributed by atoms with E-state index in [-0.39, 0.29) is 11.9 Å². The fourth-order valence-electron chi connectivity index (χ4n) is 2.09. The highest BCUT2D eigenvalue weighted by Gasteiger charge is 2.44. The van der Waals surface area contributed by atoms with Gasteiger partial charge in [-0.15, -0.1) is 0 Å². The molecule has 18 heavy (non-hydrogen) atoms. The van der Waals surface area contributed by atoms with E-state index >= 15 is 0 Å².